The highest BCUT2D eigenvalue weighted by atomic mass is 14.9. The average molecular weight is 362 g/mol. The molecule has 0 saturated heterocycles. The van der Waals surface area contributed by atoms with Crippen molar-refractivity contribution >= 4 is 5.57 Å². The maximum Gasteiger partial charge on any atom is 0.159 e. The molecule has 1 aliphatic carbocycles. The number of fused-ring (bicyclic) bond motifs is 1. The van der Waals surface area contributed by atoms with Gasteiger partial charge in [0, 0.05) is 23.4 Å². The predicted octanol–water partition coefficient (Wildman–Crippen LogP) is 5.41. The normalized spacial score (nSPS) is 14.4. The summed E-state index contributed by atoms with van der Waals surface area (Å²) in [5, 5.41) is 3.07. The lowest BCUT2D eigenvalue weighted by Gasteiger charge is -2.24. The highest BCUT2D eigenvalue weighted by Crippen LogP contribution is 2.33. The molecule has 0 bridgehead atoms. The Morgan fingerprint density at radius 3 is 2.11 bits per heavy atom. The van der Waals surface area contributed by atoms with Gasteiger partial charge >= 0.3 is 0 Å². The second kappa shape index (κ2) is 6.95. The Bertz CT molecular complexity index is 874. The van der Waals surface area contributed by atoms with Crippen LogP contribution in [0.1, 0.15) is 64.1 Å². The summed E-state index contributed by atoms with van der Waals surface area (Å²) in [4.78, 5) is 9.88. The second-order valence-electron chi connectivity index (χ2n) is 9.32. The Hall–Kier alpha value is -2.42. The van der Waals surface area contributed by atoms with Gasteiger partial charge in [0.25, 0.3) is 0 Å². The molecule has 1 aliphatic rings. The number of aromatic nitrogens is 2. The van der Waals surface area contributed by atoms with Gasteiger partial charge in [0.2, 0.25) is 0 Å². The number of benzene rings is 1. The first-order chi connectivity index (χ1) is 12.6. The minimum atomic E-state index is -0.0188. The first-order valence-electron chi connectivity index (χ1n) is 9.67. The Kier molecular flexibility index (Phi) is 4.98. The fraction of sp³-hybridized carbons (Fsp3) is 0.417. The summed E-state index contributed by atoms with van der Waals surface area (Å²) >= 11 is 0. The van der Waals surface area contributed by atoms with Crippen LogP contribution in [-0.2, 0) is 17.3 Å². The third kappa shape index (κ3) is 4.13. The number of hydrogen-bond donors (Lipinski definition) is 1. The standard InChI is InChI=1S/C24H31N3/c1-23(2,3)20-15-21(24(4,5)6)27-22(26-20)18-11-10-16-8-9-17(12-13-25-7)19(16)14-18/h9-15,25H,8H2,1-7H3/b13-12-. The molecule has 0 fully saturated rings. The largest absolute Gasteiger partial charge is 0.394 e. The van der Waals surface area contributed by atoms with Crippen LogP contribution in [-0.4, -0.2) is 17.0 Å². The van der Waals surface area contributed by atoms with Crippen molar-refractivity contribution in [1.29, 1.82) is 0 Å². The molecule has 3 rings (SSSR count). The van der Waals surface area contributed by atoms with Gasteiger partial charge in [-0.3, -0.25) is 0 Å². The molecule has 0 atom stereocenters. The Morgan fingerprint density at radius 2 is 1.56 bits per heavy atom. The Labute approximate surface area is 163 Å². The fourth-order valence-electron chi connectivity index (χ4n) is 3.17. The number of nitrogens with one attached hydrogen (secondary N) is 1. The predicted molar refractivity (Wildman–Crippen MR) is 115 cm³/mol. The van der Waals surface area contributed by atoms with Crippen molar-refractivity contribution < 1.29 is 0 Å². The number of hydrogen-bond acceptors (Lipinski definition) is 3. The molecule has 0 radical (unpaired) electrons. The monoisotopic (exact) mass is 361 g/mol. The zero-order chi connectivity index (χ0) is 19.8. The molecule has 1 heterocycles. The molecule has 3 nitrogen and oxygen atoms in total. The lowest BCUT2D eigenvalue weighted by Crippen LogP contribution is -2.20. The minimum absolute atomic E-state index is 0.0188. The van der Waals surface area contributed by atoms with Gasteiger partial charge in [-0.15, -0.1) is 0 Å². The van der Waals surface area contributed by atoms with Crippen LogP contribution in [0, 0.1) is 0 Å². The molecule has 0 saturated carbocycles. The van der Waals surface area contributed by atoms with E-state index in [1.807, 2.05) is 13.2 Å². The zero-order valence-corrected chi connectivity index (χ0v) is 17.6. The van der Waals surface area contributed by atoms with Gasteiger partial charge in [-0.05, 0) is 47.5 Å². The van der Waals surface area contributed by atoms with E-state index in [9.17, 15) is 0 Å². The highest BCUT2D eigenvalue weighted by molar-refractivity contribution is 5.82. The van der Waals surface area contributed by atoms with Crippen molar-refractivity contribution in [3.63, 3.8) is 0 Å². The van der Waals surface area contributed by atoms with E-state index >= 15 is 0 Å². The zero-order valence-electron chi connectivity index (χ0n) is 17.6. The molecule has 0 aliphatic heterocycles. The molecule has 0 unspecified atom stereocenters. The van der Waals surface area contributed by atoms with Gasteiger partial charge in [-0.25, -0.2) is 9.97 Å². The van der Waals surface area contributed by atoms with Crippen molar-refractivity contribution in [3.8, 4) is 11.4 Å². The van der Waals surface area contributed by atoms with Gasteiger partial charge in [0.05, 0.1) is 11.4 Å². The third-order valence-corrected chi connectivity index (χ3v) is 4.91. The first-order valence-corrected chi connectivity index (χ1v) is 9.67. The van der Waals surface area contributed by atoms with E-state index in [1.54, 1.807) is 0 Å². The van der Waals surface area contributed by atoms with E-state index in [-0.39, 0.29) is 10.8 Å². The van der Waals surface area contributed by atoms with Crippen molar-refractivity contribution in [1.82, 2.24) is 15.3 Å². The molecule has 0 spiro atoms. The summed E-state index contributed by atoms with van der Waals surface area (Å²) < 4.78 is 0. The molecule has 2 aromatic rings. The number of nitrogens with zero attached hydrogens (tertiary/aromatic N) is 2. The van der Waals surface area contributed by atoms with E-state index in [2.05, 4.69) is 83.3 Å². The van der Waals surface area contributed by atoms with Crippen LogP contribution in [0.2, 0.25) is 0 Å². The summed E-state index contributed by atoms with van der Waals surface area (Å²) in [6.45, 7) is 13.2. The van der Waals surface area contributed by atoms with E-state index in [0.717, 1.165) is 29.2 Å². The summed E-state index contributed by atoms with van der Waals surface area (Å²) in [7, 11) is 1.92. The quantitative estimate of drug-likeness (QED) is 0.794. The molecule has 3 heteroatoms. The van der Waals surface area contributed by atoms with Gasteiger partial charge in [-0.1, -0.05) is 59.8 Å². The van der Waals surface area contributed by atoms with Crippen LogP contribution in [0.25, 0.3) is 17.0 Å². The van der Waals surface area contributed by atoms with E-state index in [0.29, 0.717) is 0 Å². The van der Waals surface area contributed by atoms with Crippen molar-refractivity contribution in [2.45, 2.75) is 58.8 Å². The van der Waals surface area contributed by atoms with E-state index in [4.69, 9.17) is 9.97 Å². The number of rotatable bonds is 3. The van der Waals surface area contributed by atoms with Crippen LogP contribution in [0.15, 0.2) is 42.6 Å². The lowest BCUT2D eigenvalue weighted by atomic mass is 9.86. The topological polar surface area (TPSA) is 37.8 Å². The van der Waals surface area contributed by atoms with Crippen LogP contribution < -0.4 is 5.32 Å². The molecule has 27 heavy (non-hydrogen) atoms. The molecular formula is C24H31N3. The summed E-state index contributed by atoms with van der Waals surface area (Å²) in [6, 6.07) is 8.77. The van der Waals surface area contributed by atoms with Crippen molar-refractivity contribution in [2.24, 2.45) is 0 Å². The smallest absolute Gasteiger partial charge is 0.159 e. The molecule has 1 aromatic heterocycles. The molecule has 142 valence electrons. The molecule has 0 amide bonds. The number of allylic oxidation sites excluding steroid dienone is 3. The van der Waals surface area contributed by atoms with Crippen molar-refractivity contribution in [2.75, 3.05) is 7.05 Å². The molecule has 1 N–H and O–H groups in total. The van der Waals surface area contributed by atoms with Crippen LogP contribution in [0.3, 0.4) is 0 Å². The lowest BCUT2D eigenvalue weighted by molar-refractivity contribution is 0.539. The summed E-state index contributed by atoms with van der Waals surface area (Å²) in [6.07, 6.45) is 7.36. The first kappa shape index (κ1) is 19.3. The third-order valence-electron chi connectivity index (χ3n) is 4.91. The SMILES string of the molecule is CN/C=C\C1=CCc2ccc(-c3nc(C(C)(C)C)cc(C(C)(C)C)n3)cc21. The average Bonchev–Trinajstić information content (AvgIpc) is 3.00. The molecule has 1 aromatic carbocycles. The Balaban J connectivity index is 2.12. The highest BCUT2D eigenvalue weighted by Gasteiger charge is 2.24. The maximum atomic E-state index is 4.94. The van der Waals surface area contributed by atoms with Gasteiger partial charge < -0.3 is 5.32 Å². The second-order valence-corrected chi connectivity index (χ2v) is 9.32. The van der Waals surface area contributed by atoms with E-state index < -0.39 is 0 Å². The maximum absolute atomic E-state index is 4.94. The summed E-state index contributed by atoms with van der Waals surface area (Å²) in [5.41, 5.74) is 7.11. The summed E-state index contributed by atoms with van der Waals surface area (Å²) in [5.74, 6) is 0.819. The fourth-order valence-corrected chi connectivity index (χ4v) is 3.17. The van der Waals surface area contributed by atoms with Gasteiger partial charge in [0.1, 0.15) is 0 Å². The molecular weight excluding hydrogens is 330 g/mol. The van der Waals surface area contributed by atoms with Crippen molar-refractivity contribution in [3.05, 3.63) is 65.1 Å². The van der Waals surface area contributed by atoms with E-state index in [1.165, 1.54) is 16.7 Å². The minimum Gasteiger partial charge on any atom is -0.394 e. The van der Waals surface area contributed by atoms with Crippen LogP contribution in [0.4, 0.5) is 0 Å². The van der Waals surface area contributed by atoms with Crippen LogP contribution >= 0.6 is 0 Å². The van der Waals surface area contributed by atoms with Gasteiger partial charge in [-0.2, -0.15) is 0 Å². The van der Waals surface area contributed by atoms with Gasteiger partial charge in [0.15, 0.2) is 5.82 Å². The van der Waals surface area contributed by atoms with Crippen LogP contribution in [0.5, 0.6) is 0 Å². The Morgan fingerprint density at radius 1 is 0.926 bits per heavy atom.